The Bertz CT molecular complexity index is 781. The Morgan fingerprint density at radius 2 is 2.00 bits per heavy atom. The minimum atomic E-state index is -0.346. The zero-order valence-electron chi connectivity index (χ0n) is 10.9. The van der Waals surface area contributed by atoms with Gasteiger partial charge in [-0.3, -0.25) is 4.40 Å². The van der Waals surface area contributed by atoms with Gasteiger partial charge in [-0.05, 0) is 23.8 Å². The van der Waals surface area contributed by atoms with Crippen molar-refractivity contribution < 1.29 is 9.47 Å². The van der Waals surface area contributed by atoms with Crippen LogP contribution in [0.25, 0.3) is 16.6 Å². The number of ether oxygens (including phenoxy) is 2. The van der Waals surface area contributed by atoms with Crippen molar-refractivity contribution in [1.82, 2.24) is 14.6 Å². The van der Waals surface area contributed by atoms with Gasteiger partial charge < -0.3 is 9.47 Å². The molecule has 1 fully saturated rings. The van der Waals surface area contributed by atoms with Crippen molar-refractivity contribution in [2.75, 3.05) is 19.5 Å². The highest BCUT2D eigenvalue weighted by atomic mass is 32.2. The molecule has 0 atom stereocenters. The van der Waals surface area contributed by atoms with E-state index in [1.165, 1.54) is 0 Å². The van der Waals surface area contributed by atoms with Gasteiger partial charge in [-0.1, -0.05) is 30.0 Å². The third-order valence-corrected chi connectivity index (χ3v) is 4.07. The smallest absolute Gasteiger partial charge is 0.195 e. The number of fused-ring (bicyclic) bond motifs is 3. The summed E-state index contributed by atoms with van der Waals surface area (Å²) < 4.78 is 13.3. The Hall–Kier alpha value is -1.63. The van der Waals surface area contributed by atoms with E-state index in [1.54, 1.807) is 11.8 Å². The van der Waals surface area contributed by atoms with Crippen LogP contribution in [-0.2, 0) is 9.47 Å². The molecule has 0 spiro atoms. The molecule has 2 aromatic heterocycles. The van der Waals surface area contributed by atoms with E-state index in [-0.39, 0.29) is 6.29 Å². The highest BCUT2D eigenvalue weighted by Crippen LogP contribution is 2.31. The average molecular weight is 287 g/mol. The molecule has 0 saturated carbocycles. The van der Waals surface area contributed by atoms with Crippen LogP contribution in [0.1, 0.15) is 11.9 Å². The predicted molar refractivity (Wildman–Crippen MR) is 76.9 cm³/mol. The van der Waals surface area contributed by atoms with Gasteiger partial charge in [0.25, 0.3) is 0 Å². The number of para-hydroxylation sites is 1. The van der Waals surface area contributed by atoms with E-state index in [4.69, 9.17) is 9.47 Å². The van der Waals surface area contributed by atoms with Gasteiger partial charge in [0, 0.05) is 0 Å². The first-order valence-corrected chi connectivity index (χ1v) is 7.65. The van der Waals surface area contributed by atoms with Crippen LogP contribution < -0.4 is 0 Å². The lowest BCUT2D eigenvalue weighted by Crippen LogP contribution is -2.03. The fourth-order valence-electron chi connectivity index (χ4n) is 2.56. The van der Waals surface area contributed by atoms with Crippen LogP contribution in [-0.4, -0.2) is 34.1 Å². The molecule has 1 aliphatic heterocycles. The van der Waals surface area contributed by atoms with Gasteiger partial charge in [0.1, 0.15) is 0 Å². The molecule has 3 heterocycles. The first-order valence-electron chi connectivity index (χ1n) is 6.42. The Morgan fingerprint density at radius 1 is 1.20 bits per heavy atom. The van der Waals surface area contributed by atoms with Gasteiger partial charge in [-0.15, -0.1) is 10.2 Å². The molecule has 4 rings (SSSR count). The maximum atomic E-state index is 5.63. The number of hydrogen-bond acceptors (Lipinski definition) is 5. The molecule has 5 nitrogen and oxygen atoms in total. The van der Waals surface area contributed by atoms with E-state index in [0.717, 1.165) is 27.3 Å². The quantitative estimate of drug-likeness (QED) is 0.678. The standard InChI is InChI=1S/C14H13N3O2S/c1-20-14-16-15-12-10(13-18-6-7-19-13)8-9-4-2-3-5-11(9)17(12)14/h2-5,8,13H,6-7H2,1H3. The normalized spacial score (nSPS) is 16.4. The summed E-state index contributed by atoms with van der Waals surface area (Å²) in [5, 5.41) is 10.6. The third kappa shape index (κ3) is 1.72. The lowest BCUT2D eigenvalue weighted by Gasteiger charge is -2.12. The van der Waals surface area contributed by atoms with Crippen molar-refractivity contribution in [2.24, 2.45) is 0 Å². The second kappa shape index (κ2) is 4.73. The minimum absolute atomic E-state index is 0.346. The van der Waals surface area contributed by atoms with E-state index in [1.807, 2.05) is 18.4 Å². The van der Waals surface area contributed by atoms with Crippen LogP contribution in [0.3, 0.4) is 0 Å². The summed E-state index contributed by atoms with van der Waals surface area (Å²) in [6, 6.07) is 10.3. The molecule has 0 radical (unpaired) electrons. The summed E-state index contributed by atoms with van der Waals surface area (Å²) in [5.41, 5.74) is 2.84. The fraction of sp³-hybridized carbons (Fsp3) is 0.286. The Kier molecular flexibility index (Phi) is 2.87. The third-order valence-electron chi connectivity index (χ3n) is 3.44. The molecule has 3 aromatic rings. The number of aromatic nitrogens is 3. The highest BCUT2D eigenvalue weighted by Gasteiger charge is 2.24. The van der Waals surface area contributed by atoms with E-state index < -0.39 is 0 Å². The van der Waals surface area contributed by atoms with Gasteiger partial charge in [0.15, 0.2) is 17.1 Å². The van der Waals surface area contributed by atoms with Gasteiger partial charge in [0.05, 0.1) is 24.3 Å². The maximum absolute atomic E-state index is 5.63. The summed E-state index contributed by atoms with van der Waals surface area (Å²) in [7, 11) is 0. The molecular formula is C14H13N3O2S. The number of thioether (sulfide) groups is 1. The largest absolute Gasteiger partial charge is 0.346 e. The average Bonchev–Trinajstić information content (AvgIpc) is 3.16. The SMILES string of the molecule is CSc1nnc2c(C3OCCO3)cc3ccccc3n12. The van der Waals surface area contributed by atoms with E-state index in [0.29, 0.717) is 13.2 Å². The zero-order valence-corrected chi connectivity index (χ0v) is 11.8. The van der Waals surface area contributed by atoms with Crippen molar-refractivity contribution in [3.63, 3.8) is 0 Å². The van der Waals surface area contributed by atoms with Crippen LogP contribution in [0.15, 0.2) is 35.5 Å². The van der Waals surface area contributed by atoms with Crippen LogP contribution in [0.5, 0.6) is 0 Å². The van der Waals surface area contributed by atoms with Crippen molar-refractivity contribution in [2.45, 2.75) is 11.4 Å². The summed E-state index contributed by atoms with van der Waals surface area (Å²) in [4.78, 5) is 0. The Labute approximate surface area is 119 Å². The molecule has 0 aliphatic carbocycles. The van der Waals surface area contributed by atoms with Gasteiger partial charge >= 0.3 is 0 Å². The second-order valence-electron chi connectivity index (χ2n) is 4.58. The van der Waals surface area contributed by atoms with E-state index in [2.05, 4.69) is 32.8 Å². The van der Waals surface area contributed by atoms with Crippen molar-refractivity contribution in [3.05, 3.63) is 35.9 Å². The predicted octanol–water partition coefficient (Wildman–Crippen LogP) is 2.65. The molecule has 0 unspecified atom stereocenters. The molecule has 6 heteroatoms. The molecule has 102 valence electrons. The van der Waals surface area contributed by atoms with Gasteiger partial charge in [0.2, 0.25) is 0 Å². The fourth-order valence-corrected chi connectivity index (χ4v) is 3.05. The summed E-state index contributed by atoms with van der Waals surface area (Å²) >= 11 is 1.58. The number of benzene rings is 1. The Balaban J connectivity index is 2.09. The molecule has 1 aromatic carbocycles. The van der Waals surface area contributed by atoms with Gasteiger partial charge in [-0.2, -0.15) is 0 Å². The lowest BCUT2D eigenvalue weighted by molar-refractivity contribution is -0.0432. The first kappa shape index (κ1) is 12.1. The maximum Gasteiger partial charge on any atom is 0.195 e. The first-order chi connectivity index (χ1) is 9.88. The van der Waals surface area contributed by atoms with E-state index in [9.17, 15) is 0 Å². The molecule has 0 N–H and O–H groups in total. The molecule has 0 amide bonds. The van der Waals surface area contributed by atoms with E-state index >= 15 is 0 Å². The zero-order chi connectivity index (χ0) is 13.5. The number of hydrogen-bond donors (Lipinski definition) is 0. The number of rotatable bonds is 2. The van der Waals surface area contributed by atoms with Crippen molar-refractivity contribution in [1.29, 1.82) is 0 Å². The summed E-state index contributed by atoms with van der Waals surface area (Å²) in [6.45, 7) is 1.24. The number of pyridine rings is 1. The minimum Gasteiger partial charge on any atom is -0.346 e. The molecule has 0 bridgehead atoms. The second-order valence-corrected chi connectivity index (χ2v) is 5.35. The molecule has 20 heavy (non-hydrogen) atoms. The number of nitrogens with zero attached hydrogens (tertiary/aromatic N) is 3. The van der Waals surface area contributed by atoms with Gasteiger partial charge in [-0.25, -0.2) is 0 Å². The van der Waals surface area contributed by atoms with Crippen LogP contribution >= 0.6 is 11.8 Å². The van der Waals surface area contributed by atoms with Crippen LogP contribution in [0, 0.1) is 0 Å². The summed E-state index contributed by atoms with van der Waals surface area (Å²) in [5.74, 6) is 0. The highest BCUT2D eigenvalue weighted by molar-refractivity contribution is 7.98. The summed E-state index contributed by atoms with van der Waals surface area (Å²) in [6.07, 6.45) is 1.65. The topological polar surface area (TPSA) is 48.7 Å². The van der Waals surface area contributed by atoms with Crippen molar-refractivity contribution >= 4 is 28.3 Å². The van der Waals surface area contributed by atoms with Crippen molar-refractivity contribution in [3.8, 4) is 0 Å². The monoisotopic (exact) mass is 287 g/mol. The molecule has 1 aliphatic rings. The molecular weight excluding hydrogens is 274 g/mol. The van der Waals surface area contributed by atoms with Crippen LogP contribution in [0.4, 0.5) is 0 Å². The van der Waals surface area contributed by atoms with Crippen LogP contribution in [0.2, 0.25) is 0 Å². The molecule has 1 saturated heterocycles. The Morgan fingerprint density at radius 3 is 2.80 bits per heavy atom. The lowest BCUT2D eigenvalue weighted by atomic mass is 10.1.